The third-order valence-electron chi connectivity index (χ3n) is 4.75. The van der Waals surface area contributed by atoms with Gasteiger partial charge in [0, 0.05) is 23.0 Å². The Kier molecular flexibility index (Phi) is 5.14. The summed E-state index contributed by atoms with van der Waals surface area (Å²) in [6, 6.07) is 5.70. The minimum absolute atomic E-state index is 0.153. The highest BCUT2D eigenvalue weighted by Gasteiger charge is 2.46. The number of amides is 3. The molecule has 1 saturated heterocycles. The molecule has 32 heavy (non-hydrogen) atoms. The number of hydrogen-bond donors (Lipinski definition) is 3. The van der Waals surface area contributed by atoms with Crippen LogP contribution >= 0.6 is 0 Å². The van der Waals surface area contributed by atoms with Gasteiger partial charge in [0.2, 0.25) is 5.54 Å². The molecule has 0 unspecified atom stereocenters. The van der Waals surface area contributed by atoms with E-state index in [2.05, 4.69) is 21.9 Å². The predicted octanol–water partition coefficient (Wildman–Crippen LogP) is 2.86. The number of nitrogens with one attached hydrogen (secondary N) is 2. The molecule has 0 bridgehead atoms. The van der Waals surface area contributed by atoms with E-state index in [4.69, 9.17) is 0 Å². The van der Waals surface area contributed by atoms with Gasteiger partial charge in [-0.3, -0.25) is 10.1 Å². The summed E-state index contributed by atoms with van der Waals surface area (Å²) < 4.78 is 57.5. The molecule has 2 heterocycles. The van der Waals surface area contributed by atoms with E-state index in [0.717, 1.165) is 12.1 Å². The first-order valence-corrected chi connectivity index (χ1v) is 9.05. The Labute approximate surface area is 177 Å². The first kappa shape index (κ1) is 21.0. The molecule has 2 aromatic carbocycles. The molecule has 7 nitrogen and oxygen atoms in total. The van der Waals surface area contributed by atoms with Crippen molar-refractivity contribution < 1.29 is 37.0 Å². The van der Waals surface area contributed by atoms with Gasteiger partial charge in [-0.25, -0.2) is 13.6 Å². The highest BCUT2D eigenvalue weighted by Crippen LogP contribution is 2.32. The Bertz CT molecular complexity index is 1310. The first-order valence-electron chi connectivity index (χ1n) is 9.05. The number of ether oxygens (including phenoxy) is 1. The second-order valence-electron chi connectivity index (χ2n) is 6.90. The van der Waals surface area contributed by atoms with Crippen molar-refractivity contribution in [2.75, 3.05) is 0 Å². The molecule has 0 saturated carbocycles. The van der Waals surface area contributed by atoms with Gasteiger partial charge in [0.25, 0.3) is 5.91 Å². The average molecular weight is 447 g/mol. The van der Waals surface area contributed by atoms with Crippen LogP contribution in [0, 0.1) is 23.5 Å². The quantitative estimate of drug-likeness (QED) is 0.326. The van der Waals surface area contributed by atoms with Gasteiger partial charge in [0.15, 0.2) is 5.88 Å². The largest absolute Gasteiger partial charge is 0.494 e. The molecule has 4 rings (SSSR count). The number of halogens is 4. The van der Waals surface area contributed by atoms with E-state index < -0.39 is 48.1 Å². The van der Waals surface area contributed by atoms with Gasteiger partial charge < -0.3 is 19.7 Å². The summed E-state index contributed by atoms with van der Waals surface area (Å²) in [5, 5.41) is 15.5. The second kappa shape index (κ2) is 7.81. The fourth-order valence-corrected chi connectivity index (χ4v) is 3.27. The molecular formula is C21H13F4N3O4. The molecule has 11 heteroatoms. The summed E-state index contributed by atoms with van der Waals surface area (Å²) in [5.41, 5.74) is -2.11. The maximum absolute atomic E-state index is 13.9. The van der Waals surface area contributed by atoms with Crippen LogP contribution in [0.1, 0.15) is 5.56 Å². The molecule has 164 valence electrons. The monoisotopic (exact) mass is 447 g/mol. The molecule has 1 fully saturated rings. The third kappa shape index (κ3) is 3.90. The van der Waals surface area contributed by atoms with Gasteiger partial charge in [-0.1, -0.05) is 11.8 Å². The number of hydrogen-bond acceptors (Lipinski definition) is 4. The van der Waals surface area contributed by atoms with Crippen molar-refractivity contribution in [3.63, 3.8) is 0 Å². The Morgan fingerprint density at radius 3 is 2.59 bits per heavy atom. The smallest absolute Gasteiger partial charge is 0.387 e. The number of fused-ring (bicyclic) bond motifs is 1. The molecule has 3 amide bonds. The van der Waals surface area contributed by atoms with Crippen LogP contribution in [0.25, 0.3) is 10.8 Å². The number of carbonyl (C=O) groups is 2. The Hall–Kier alpha value is -4.20. The number of nitrogens with zero attached hydrogens (tertiary/aromatic N) is 1. The minimum atomic E-state index is -3.06. The predicted molar refractivity (Wildman–Crippen MR) is 103 cm³/mol. The van der Waals surface area contributed by atoms with Crippen molar-refractivity contribution in [3.8, 4) is 23.5 Å². The summed E-state index contributed by atoms with van der Waals surface area (Å²) in [4.78, 5) is 24.3. The number of aromatic nitrogens is 1. The number of urea groups is 1. The van der Waals surface area contributed by atoms with Crippen LogP contribution in [0.3, 0.4) is 0 Å². The van der Waals surface area contributed by atoms with Gasteiger partial charge in [-0.05, 0) is 30.3 Å². The Morgan fingerprint density at radius 1 is 1.16 bits per heavy atom. The van der Waals surface area contributed by atoms with E-state index in [1.807, 2.05) is 5.32 Å². The van der Waals surface area contributed by atoms with Crippen LogP contribution in [0.5, 0.6) is 11.6 Å². The molecule has 0 radical (unpaired) electrons. The number of imide groups is 1. The molecule has 1 aromatic heterocycles. The summed E-state index contributed by atoms with van der Waals surface area (Å²) in [5.74, 6) is 1.70. The molecule has 1 aliphatic heterocycles. The van der Waals surface area contributed by atoms with Gasteiger partial charge in [0.1, 0.15) is 17.4 Å². The zero-order valence-electron chi connectivity index (χ0n) is 16.0. The van der Waals surface area contributed by atoms with Crippen LogP contribution in [0.4, 0.5) is 22.4 Å². The van der Waals surface area contributed by atoms with E-state index in [0.29, 0.717) is 11.5 Å². The van der Waals surface area contributed by atoms with Crippen molar-refractivity contribution in [1.82, 2.24) is 15.2 Å². The zero-order chi connectivity index (χ0) is 23.0. The van der Waals surface area contributed by atoms with Crippen molar-refractivity contribution in [2.45, 2.75) is 18.7 Å². The van der Waals surface area contributed by atoms with E-state index >= 15 is 0 Å². The van der Waals surface area contributed by atoms with Crippen molar-refractivity contribution in [2.24, 2.45) is 0 Å². The molecule has 1 aliphatic rings. The minimum Gasteiger partial charge on any atom is -0.494 e. The lowest BCUT2D eigenvalue weighted by Gasteiger charge is -2.20. The standard InChI is InChI=1S/C21H13F4N3O4/c22-13-3-1-11(16(23)7-13)5-6-21(18(30)26-20(31)27-21)10-28-9-12-2-4-14(32-19(24)25)8-15(12)17(28)29/h1-4,7-9,19,29H,10H2,(H2,26,27,30,31)/t21-/m1/s1. The van der Waals surface area contributed by atoms with E-state index in [1.165, 1.54) is 29.0 Å². The van der Waals surface area contributed by atoms with E-state index in [9.17, 15) is 32.3 Å². The lowest BCUT2D eigenvalue weighted by molar-refractivity contribution is -0.122. The normalized spacial score (nSPS) is 17.8. The third-order valence-corrected chi connectivity index (χ3v) is 4.75. The van der Waals surface area contributed by atoms with Crippen LogP contribution in [0.15, 0.2) is 42.6 Å². The lowest BCUT2D eigenvalue weighted by Crippen LogP contribution is -2.49. The lowest BCUT2D eigenvalue weighted by atomic mass is 9.99. The molecule has 3 aromatic rings. The second-order valence-corrected chi connectivity index (χ2v) is 6.90. The van der Waals surface area contributed by atoms with Crippen LogP contribution < -0.4 is 15.4 Å². The number of rotatable bonds is 4. The molecule has 0 spiro atoms. The maximum atomic E-state index is 13.9. The summed E-state index contributed by atoms with van der Waals surface area (Å²) in [7, 11) is 0. The summed E-state index contributed by atoms with van der Waals surface area (Å²) in [6.45, 7) is -3.45. The molecule has 1 atom stereocenters. The highest BCUT2D eigenvalue weighted by molar-refractivity contribution is 6.09. The molecular weight excluding hydrogens is 434 g/mol. The number of carbonyl (C=O) groups excluding carboxylic acids is 2. The van der Waals surface area contributed by atoms with Gasteiger partial charge in [-0.15, -0.1) is 0 Å². The van der Waals surface area contributed by atoms with Crippen molar-refractivity contribution >= 4 is 22.7 Å². The highest BCUT2D eigenvalue weighted by atomic mass is 19.3. The topological polar surface area (TPSA) is 92.6 Å². The SMILES string of the molecule is O=C1NC(=O)[C@@](C#Cc2ccc(F)cc2F)(Cn2cc3ccc(OC(F)F)cc3c2O)N1. The average Bonchev–Trinajstić information content (AvgIpc) is 3.16. The van der Waals surface area contributed by atoms with Gasteiger partial charge >= 0.3 is 12.6 Å². The Morgan fingerprint density at radius 2 is 1.94 bits per heavy atom. The first-order chi connectivity index (χ1) is 15.2. The molecule has 0 aliphatic carbocycles. The van der Waals surface area contributed by atoms with Crippen molar-refractivity contribution in [3.05, 3.63) is 59.8 Å². The number of alkyl halides is 2. The van der Waals surface area contributed by atoms with Crippen LogP contribution in [-0.2, 0) is 11.3 Å². The van der Waals surface area contributed by atoms with Gasteiger partial charge in [0.05, 0.1) is 12.1 Å². The Balaban J connectivity index is 1.74. The summed E-state index contributed by atoms with van der Waals surface area (Å²) in [6.07, 6.45) is 1.41. The maximum Gasteiger partial charge on any atom is 0.387 e. The van der Waals surface area contributed by atoms with Crippen LogP contribution in [0.2, 0.25) is 0 Å². The fraction of sp³-hybridized carbons (Fsp3) is 0.143. The van der Waals surface area contributed by atoms with Gasteiger partial charge in [-0.2, -0.15) is 8.78 Å². The summed E-state index contributed by atoms with van der Waals surface area (Å²) >= 11 is 0. The van der Waals surface area contributed by atoms with E-state index in [-0.39, 0.29) is 16.7 Å². The van der Waals surface area contributed by atoms with Crippen molar-refractivity contribution in [1.29, 1.82) is 0 Å². The molecule has 3 N–H and O–H groups in total. The van der Waals surface area contributed by atoms with E-state index in [1.54, 1.807) is 0 Å². The number of aromatic hydroxyl groups is 1. The van der Waals surface area contributed by atoms with Crippen LogP contribution in [-0.4, -0.2) is 33.8 Å². The fourth-order valence-electron chi connectivity index (χ4n) is 3.27. The zero-order valence-corrected chi connectivity index (χ0v) is 16.0. The number of benzene rings is 2.